The molecular weight excluding hydrogens is 289 g/mol. The van der Waals surface area contributed by atoms with E-state index in [1.54, 1.807) is 7.11 Å². The number of hydrogen-bond donors (Lipinski definition) is 0. The van der Waals surface area contributed by atoms with E-state index in [9.17, 15) is 8.78 Å². The molecule has 1 atom stereocenters. The first-order chi connectivity index (χ1) is 10.3. The molecule has 1 fully saturated rings. The molecule has 1 aromatic rings. The maximum Gasteiger partial charge on any atom is 0.498 e. The molecule has 1 saturated heterocycles. The number of ether oxygens (including phenoxy) is 1. The molecule has 0 aromatic heterocycles. The predicted molar refractivity (Wildman–Crippen MR) is 82.6 cm³/mol. The highest BCUT2D eigenvalue weighted by Crippen LogP contribution is 2.41. The lowest BCUT2D eigenvalue weighted by Gasteiger charge is -2.36. The lowest BCUT2D eigenvalue weighted by molar-refractivity contribution is -0.0149. The molecule has 0 saturated carbocycles. The highest BCUT2D eigenvalue weighted by atomic mass is 19.3. The number of allylic oxidation sites excluding steroid dienone is 1. The van der Waals surface area contributed by atoms with Crippen LogP contribution in [0.5, 0.6) is 5.75 Å². The van der Waals surface area contributed by atoms with Crippen LogP contribution in [0.15, 0.2) is 36.4 Å². The number of rotatable bonds is 5. The van der Waals surface area contributed by atoms with Crippen LogP contribution in [-0.4, -0.2) is 25.4 Å². The Morgan fingerprint density at radius 2 is 1.91 bits per heavy atom. The Morgan fingerprint density at radius 1 is 1.23 bits per heavy atom. The van der Waals surface area contributed by atoms with E-state index >= 15 is 0 Å². The summed E-state index contributed by atoms with van der Waals surface area (Å²) in [6.07, 6.45) is -0.0597. The average molecular weight is 310 g/mol. The molecule has 0 aliphatic carbocycles. The standard InChI is InChI=1S/C16H21BF2O3/c1-15(2)16(3,11-7-10-14(18)19)22-17(21-15)12-8-5-6-9-13(12)20-4/h5-6,8-10H,7,11H2,1-4H3. The first-order valence-corrected chi connectivity index (χ1v) is 7.29. The van der Waals surface area contributed by atoms with Crippen LogP contribution in [0.25, 0.3) is 0 Å². The van der Waals surface area contributed by atoms with E-state index < -0.39 is 24.4 Å². The Hall–Kier alpha value is -1.40. The van der Waals surface area contributed by atoms with Gasteiger partial charge in [0.1, 0.15) is 5.75 Å². The zero-order valence-electron chi connectivity index (χ0n) is 13.4. The first kappa shape index (κ1) is 17.0. The average Bonchev–Trinajstić information content (AvgIpc) is 2.69. The van der Waals surface area contributed by atoms with E-state index in [0.29, 0.717) is 12.2 Å². The fourth-order valence-electron chi connectivity index (χ4n) is 2.60. The van der Waals surface area contributed by atoms with E-state index in [1.807, 2.05) is 45.0 Å². The minimum Gasteiger partial charge on any atom is -0.497 e. The van der Waals surface area contributed by atoms with Crippen molar-refractivity contribution in [2.45, 2.75) is 44.8 Å². The molecule has 3 nitrogen and oxygen atoms in total. The summed E-state index contributed by atoms with van der Waals surface area (Å²) in [5, 5.41) is 0. The van der Waals surface area contributed by atoms with Crippen molar-refractivity contribution in [3.63, 3.8) is 0 Å². The van der Waals surface area contributed by atoms with Gasteiger partial charge < -0.3 is 14.0 Å². The van der Waals surface area contributed by atoms with Gasteiger partial charge in [-0.1, -0.05) is 18.2 Å². The zero-order chi connectivity index (χ0) is 16.4. The van der Waals surface area contributed by atoms with E-state index in [-0.39, 0.29) is 6.42 Å². The van der Waals surface area contributed by atoms with Crippen molar-refractivity contribution in [1.29, 1.82) is 0 Å². The summed E-state index contributed by atoms with van der Waals surface area (Å²) in [6.45, 7) is 5.72. The van der Waals surface area contributed by atoms with Crippen LogP contribution in [0.3, 0.4) is 0 Å². The largest absolute Gasteiger partial charge is 0.498 e. The van der Waals surface area contributed by atoms with E-state index in [0.717, 1.165) is 11.5 Å². The van der Waals surface area contributed by atoms with Gasteiger partial charge in [-0.15, -0.1) is 0 Å². The Bertz CT molecular complexity index is 558. The monoisotopic (exact) mass is 310 g/mol. The van der Waals surface area contributed by atoms with Crippen LogP contribution in [0.2, 0.25) is 0 Å². The van der Waals surface area contributed by atoms with Crippen LogP contribution in [0.4, 0.5) is 8.78 Å². The van der Waals surface area contributed by atoms with Crippen molar-refractivity contribution < 1.29 is 22.8 Å². The topological polar surface area (TPSA) is 27.7 Å². The van der Waals surface area contributed by atoms with Crippen LogP contribution < -0.4 is 10.2 Å². The predicted octanol–water partition coefficient (Wildman–Crippen LogP) is 3.54. The van der Waals surface area contributed by atoms with Crippen molar-refractivity contribution in [1.82, 2.24) is 0 Å². The molecular formula is C16H21BF2O3. The third-order valence-electron chi connectivity index (χ3n) is 4.36. The van der Waals surface area contributed by atoms with E-state index in [4.69, 9.17) is 14.0 Å². The highest BCUT2D eigenvalue weighted by molar-refractivity contribution is 6.63. The SMILES string of the molecule is COc1ccccc1B1OC(C)(C)C(C)(CCC=C(F)F)O1. The van der Waals surface area contributed by atoms with Crippen molar-refractivity contribution in [2.24, 2.45) is 0 Å². The van der Waals surface area contributed by atoms with Crippen LogP contribution in [0, 0.1) is 0 Å². The number of benzene rings is 1. The Labute approximate surface area is 130 Å². The lowest BCUT2D eigenvalue weighted by atomic mass is 9.78. The van der Waals surface area contributed by atoms with Gasteiger partial charge in [0, 0.05) is 5.46 Å². The van der Waals surface area contributed by atoms with Gasteiger partial charge in [0.25, 0.3) is 6.08 Å². The molecule has 6 heteroatoms. The smallest absolute Gasteiger partial charge is 0.497 e. The second kappa shape index (κ2) is 6.38. The molecule has 120 valence electrons. The molecule has 2 rings (SSSR count). The molecule has 22 heavy (non-hydrogen) atoms. The zero-order valence-corrected chi connectivity index (χ0v) is 13.4. The molecule has 0 amide bonds. The number of hydrogen-bond acceptors (Lipinski definition) is 3. The van der Waals surface area contributed by atoms with Gasteiger partial charge in [-0.25, -0.2) is 0 Å². The Kier molecular flexibility index (Phi) is 4.92. The number of para-hydroxylation sites is 1. The minimum atomic E-state index is -1.67. The third kappa shape index (κ3) is 3.33. The van der Waals surface area contributed by atoms with Crippen LogP contribution in [0.1, 0.15) is 33.6 Å². The van der Waals surface area contributed by atoms with Gasteiger partial charge in [-0.05, 0) is 45.8 Å². The summed E-state index contributed by atoms with van der Waals surface area (Å²) >= 11 is 0. The molecule has 1 heterocycles. The van der Waals surface area contributed by atoms with Gasteiger partial charge in [0.05, 0.1) is 18.3 Å². The number of methoxy groups -OCH3 is 1. The summed E-state index contributed by atoms with van der Waals surface area (Å²) < 4.78 is 42.0. The normalized spacial score (nSPS) is 23.5. The summed E-state index contributed by atoms with van der Waals surface area (Å²) in [4.78, 5) is 0. The van der Waals surface area contributed by atoms with Crippen molar-refractivity contribution in [3.05, 3.63) is 36.4 Å². The van der Waals surface area contributed by atoms with Crippen molar-refractivity contribution >= 4 is 12.6 Å². The molecule has 0 radical (unpaired) electrons. The summed E-state index contributed by atoms with van der Waals surface area (Å²) in [7, 11) is 1.02. The first-order valence-electron chi connectivity index (χ1n) is 7.29. The van der Waals surface area contributed by atoms with Gasteiger partial charge in [0.15, 0.2) is 0 Å². The minimum absolute atomic E-state index is 0.240. The van der Waals surface area contributed by atoms with Gasteiger partial charge in [-0.3, -0.25) is 0 Å². The molecule has 1 aromatic carbocycles. The third-order valence-corrected chi connectivity index (χ3v) is 4.36. The summed E-state index contributed by atoms with van der Waals surface area (Å²) in [6, 6.07) is 7.48. The quantitative estimate of drug-likeness (QED) is 0.779. The van der Waals surface area contributed by atoms with Gasteiger partial charge >= 0.3 is 7.12 Å². The fraction of sp³-hybridized carbons (Fsp3) is 0.500. The second-order valence-corrected chi connectivity index (χ2v) is 6.08. The highest BCUT2D eigenvalue weighted by Gasteiger charge is 2.54. The maximum atomic E-state index is 12.2. The lowest BCUT2D eigenvalue weighted by Crippen LogP contribution is -2.44. The molecule has 0 bridgehead atoms. The summed E-state index contributed by atoms with van der Waals surface area (Å²) in [5.74, 6) is 0.683. The number of halogens is 2. The Morgan fingerprint density at radius 3 is 2.55 bits per heavy atom. The summed E-state index contributed by atoms with van der Waals surface area (Å²) in [5.41, 5.74) is -0.460. The van der Waals surface area contributed by atoms with Crippen LogP contribution >= 0.6 is 0 Å². The van der Waals surface area contributed by atoms with Gasteiger partial charge in [-0.2, -0.15) is 8.78 Å². The maximum absolute atomic E-state index is 12.2. The molecule has 1 aliphatic rings. The van der Waals surface area contributed by atoms with Crippen molar-refractivity contribution in [2.75, 3.05) is 7.11 Å². The second-order valence-electron chi connectivity index (χ2n) is 6.08. The van der Waals surface area contributed by atoms with E-state index in [2.05, 4.69) is 0 Å². The van der Waals surface area contributed by atoms with E-state index in [1.165, 1.54) is 0 Å². The van der Waals surface area contributed by atoms with Crippen molar-refractivity contribution in [3.8, 4) is 5.75 Å². The molecule has 0 spiro atoms. The Balaban J connectivity index is 2.20. The molecule has 0 N–H and O–H groups in total. The molecule has 1 aliphatic heterocycles. The molecule has 1 unspecified atom stereocenters. The van der Waals surface area contributed by atoms with Gasteiger partial charge in [0.2, 0.25) is 0 Å². The fourth-order valence-corrected chi connectivity index (χ4v) is 2.60. The van der Waals surface area contributed by atoms with Crippen LogP contribution in [-0.2, 0) is 9.31 Å².